The number of hydrogen-bond acceptors (Lipinski definition) is 12. The van der Waals surface area contributed by atoms with Crippen LogP contribution in [-0.2, 0) is 47.3 Å². The predicted molar refractivity (Wildman–Crippen MR) is 230 cm³/mol. The Morgan fingerprint density at radius 3 is 2.49 bits per heavy atom. The van der Waals surface area contributed by atoms with Gasteiger partial charge in [-0.2, -0.15) is 0 Å². The molecule has 7 rings (SSSR count). The lowest BCUT2D eigenvalue weighted by molar-refractivity contribution is -0.200. The van der Waals surface area contributed by atoms with E-state index in [0.29, 0.717) is 29.8 Å². The van der Waals surface area contributed by atoms with Crippen molar-refractivity contribution in [3.05, 3.63) is 75.5 Å². The number of carbonyl (C=O) groups excluding carboxylic acids is 5. The average Bonchev–Trinajstić information content (AvgIpc) is 3.93. The smallest absolute Gasteiger partial charge is 0.470 e. The normalized spacial score (nSPS) is 31.7. The van der Waals surface area contributed by atoms with Crippen molar-refractivity contribution in [3.63, 3.8) is 0 Å². The first kappa shape index (κ1) is 47.1. The van der Waals surface area contributed by atoms with Crippen LogP contribution in [0.3, 0.4) is 0 Å². The number of carboxylic acids is 1. The van der Waals surface area contributed by atoms with Crippen LogP contribution >= 0.6 is 35.1 Å². The number of benzene rings is 1. The number of hydrogen-bond donors (Lipinski definition) is 7. The summed E-state index contributed by atoms with van der Waals surface area (Å²) in [7, 11) is -5.04. The number of ether oxygens (including phenoxy) is 2. The van der Waals surface area contributed by atoms with Gasteiger partial charge in [0.25, 0.3) is 0 Å². The van der Waals surface area contributed by atoms with Crippen LogP contribution in [0, 0.1) is 28.6 Å². The largest absolute Gasteiger partial charge is 0.481 e. The van der Waals surface area contributed by atoms with Gasteiger partial charge in [-0.15, -0.1) is 11.3 Å². The number of aliphatic hydroxyl groups is 1. The molecule has 11 atom stereocenters. The maximum absolute atomic E-state index is 14.4. The molecule has 4 fully saturated rings. The molecule has 0 radical (unpaired) electrons. The van der Waals surface area contributed by atoms with E-state index in [9.17, 15) is 53.3 Å². The second kappa shape index (κ2) is 18.2. The van der Waals surface area contributed by atoms with Gasteiger partial charge in [0.2, 0.25) is 17.7 Å². The minimum absolute atomic E-state index is 0.0164. The maximum Gasteiger partial charge on any atom is 0.470 e. The van der Waals surface area contributed by atoms with Crippen LogP contribution in [0.15, 0.2) is 60.2 Å². The molecule has 3 saturated carbocycles. The molecular formula is C43H51BrN3O14PS. The number of carboxylic acid groups (broad SMARTS) is 1. The number of aliphatic hydroxyl groups excluding tert-OH is 1. The van der Waals surface area contributed by atoms with Gasteiger partial charge in [-0.3, -0.25) is 33.3 Å². The summed E-state index contributed by atoms with van der Waals surface area (Å²) in [5, 5.41) is 28.8. The van der Waals surface area contributed by atoms with Crippen molar-refractivity contribution in [2.24, 2.45) is 28.6 Å². The number of nitrogens with one attached hydrogen (secondary N) is 3. The van der Waals surface area contributed by atoms with E-state index in [4.69, 9.17) is 14.0 Å². The van der Waals surface area contributed by atoms with Crippen molar-refractivity contribution in [2.45, 2.75) is 95.4 Å². The molecule has 20 heteroatoms. The molecule has 340 valence electrons. The summed E-state index contributed by atoms with van der Waals surface area (Å²) in [5.41, 5.74) is -1.01. The van der Waals surface area contributed by atoms with Gasteiger partial charge in [-0.1, -0.05) is 60.5 Å². The molecule has 3 amide bonds. The van der Waals surface area contributed by atoms with Crippen molar-refractivity contribution in [1.29, 1.82) is 0 Å². The number of alkyl halides is 1. The number of Topliss-reactive ketones (excluding diaryl/α,β-unsaturated/α-hetero) is 1. The highest BCUT2D eigenvalue weighted by Crippen LogP contribution is 2.70. The number of ketones is 2. The lowest BCUT2D eigenvalue weighted by Crippen LogP contribution is -2.63. The number of aliphatic carboxylic acids is 1. The zero-order chi connectivity index (χ0) is 45.6. The SMILES string of the molecule is C[C@H](c1ccc(NC(=O)[C@H](CCC(=O)O)NC(=O)CNC(=O)CBr)cc1)c1ccc([C@@H]2O[C@@H]3C[C@H]4[C@@H]5CCC6=CC(=O)C=C[C@]6(C)[C@H]5[C@@H](O)C[C@]4(C)[C@]3(C(=O)COP(=O)(O)O)O2)s1. The molecule has 63 heavy (non-hydrogen) atoms. The lowest BCUT2D eigenvalue weighted by atomic mass is 9.46. The van der Waals surface area contributed by atoms with Crippen molar-refractivity contribution < 1.29 is 67.3 Å². The van der Waals surface area contributed by atoms with E-state index in [1.807, 2.05) is 51.1 Å². The van der Waals surface area contributed by atoms with Gasteiger partial charge in [-0.25, -0.2) is 4.57 Å². The van der Waals surface area contributed by atoms with E-state index >= 15 is 0 Å². The van der Waals surface area contributed by atoms with E-state index in [-0.39, 0.29) is 54.0 Å². The van der Waals surface area contributed by atoms with Crippen LogP contribution in [-0.4, -0.2) is 97.6 Å². The third-order valence-corrected chi connectivity index (χ3v) is 16.1. The van der Waals surface area contributed by atoms with E-state index in [1.54, 1.807) is 24.3 Å². The molecule has 2 aromatic rings. The van der Waals surface area contributed by atoms with Crippen molar-refractivity contribution in [2.75, 3.05) is 23.8 Å². The highest BCUT2D eigenvalue weighted by Gasteiger charge is 2.76. The Morgan fingerprint density at radius 1 is 1.08 bits per heavy atom. The quantitative estimate of drug-likeness (QED) is 0.0908. The fourth-order valence-electron chi connectivity index (χ4n) is 10.9. The number of carbonyl (C=O) groups is 6. The number of phosphoric acid groups is 1. The highest BCUT2D eigenvalue weighted by atomic mass is 79.9. The first-order valence-corrected chi connectivity index (χ1v) is 24.2. The molecule has 5 aliphatic rings. The van der Waals surface area contributed by atoms with Crippen molar-refractivity contribution in [3.8, 4) is 0 Å². The third kappa shape index (κ3) is 9.18. The summed E-state index contributed by atoms with van der Waals surface area (Å²) in [6.07, 6.45) is 3.72. The van der Waals surface area contributed by atoms with Crippen molar-refractivity contribution in [1.82, 2.24) is 10.6 Å². The van der Waals surface area contributed by atoms with Gasteiger partial charge < -0.3 is 45.4 Å². The van der Waals surface area contributed by atoms with Crippen LogP contribution in [0.1, 0.15) is 86.8 Å². The summed E-state index contributed by atoms with van der Waals surface area (Å²) in [6, 6.07) is 9.57. The molecule has 1 aliphatic heterocycles. The first-order chi connectivity index (χ1) is 29.7. The molecule has 0 spiro atoms. The molecular weight excluding hydrogens is 925 g/mol. The number of amides is 3. The van der Waals surface area contributed by atoms with Gasteiger partial charge >= 0.3 is 13.8 Å². The second-order valence-corrected chi connectivity index (χ2v) is 20.4. The van der Waals surface area contributed by atoms with Crippen LogP contribution < -0.4 is 16.0 Å². The summed E-state index contributed by atoms with van der Waals surface area (Å²) < 4.78 is 30.1. The molecule has 1 aromatic carbocycles. The Labute approximate surface area is 375 Å². The standard InChI is InChI=1S/C43H51BrN3O14PS/c1-22(23-4-7-25(8-5-23)46-39(55)29(10-13-37(53)54)47-36(52)20-45-35(51)19-44)31-11-12-32(63-31)40-60-34-17-28-27-9-6-24-16-26(48)14-15-41(24,2)38(27)30(49)18-42(28,3)43(34,61-40)33(50)21-59-62(56,57)58/h4-5,7-8,11-12,14-16,22,27-30,34,38,40,49H,6,9-10,13,17-21H2,1-3H3,(H,45,51)(H,46,55)(H,47,52)(H,53,54)(H2,56,57,58)/t22-,27+,28+,29+,30+,34-,38-,40-,41+,42+,43-/m1/s1. The minimum atomic E-state index is -5.04. The summed E-state index contributed by atoms with van der Waals surface area (Å²) in [6.45, 7) is 4.62. The van der Waals surface area contributed by atoms with Crippen molar-refractivity contribution >= 4 is 76.0 Å². The third-order valence-electron chi connectivity index (χ3n) is 13.9. The van der Waals surface area contributed by atoms with Gasteiger partial charge in [0.15, 0.2) is 23.5 Å². The Kier molecular flexibility index (Phi) is 13.6. The molecule has 1 saturated heterocycles. The number of anilines is 1. The summed E-state index contributed by atoms with van der Waals surface area (Å²) >= 11 is 4.39. The molecule has 0 unspecified atom stereocenters. The lowest BCUT2D eigenvalue weighted by Gasteiger charge is -2.59. The predicted octanol–water partition coefficient (Wildman–Crippen LogP) is 4.42. The number of allylic oxidation sites excluding steroid dienone is 4. The highest BCUT2D eigenvalue weighted by molar-refractivity contribution is 9.09. The summed E-state index contributed by atoms with van der Waals surface area (Å²) in [4.78, 5) is 95.8. The molecule has 7 N–H and O–H groups in total. The molecule has 1 aromatic heterocycles. The number of thiophene rings is 1. The van der Waals surface area contributed by atoms with E-state index < -0.39 is 91.4 Å². The monoisotopic (exact) mass is 975 g/mol. The van der Waals surface area contributed by atoms with Crippen LogP contribution in [0.4, 0.5) is 5.69 Å². The van der Waals surface area contributed by atoms with Crippen LogP contribution in [0.2, 0.25) is 0 Å². The van der Waals surface area contributed by atoms with E-state index in [2.05, 4.69) is 31.9 Å². The number of rotatable bonds is 16. The second-order valence-electron chi connectivity index (χ2n) is 17.5. The fourth-order valence-corrected chi connectivity index (χ4v) is 12.5. The average molecular weight is 977 g/mol. The number of phosphoric ester groups is 1. The zero-order valence-electron chi connectivity index (χ0n) is 34.8. The minimum Gasteiger partial charge on any atom is -0.481 e. The van der Waals surface area contributed by atoms with E-state index in [0.717, 1.165) is 16.0 Å². The zero-order valence-corrected chi connectivity index (χ0v) is 38.1. The topological polar surface area (TPSA) is 264 Å². The van der Waals surface area contributed by atoms with Gasteiger partial charge in [0.05, 0.1) is 29.0 Å². The first-order valence-electron chi connectivity index (χ1n) is 20.7. The van der Waals surface area contributed by atoms with Crippen LogP contribution in [0.5, 0.6) is 0 Å². The van der Waals surface area contributed by atoms with Crippen LogP contribution in [0.25, 0.3) is 0 Å². The number of fused-ring (bicyclic) bond motifs is 7. The Hall–Kier alpha value is -3.91. The van der Waals surface area contributed by atoms with E-state index in [1.165, 1.54) is 11.3 Å². The fraction of sp³-hybridized carbons (Fsp3) is 0.535. The Bertz CT molecular complexity index is 2280. The molecule has 17 nitrogen and oxygen atoms in total. The molecule has 0 bridgehead atoms. The van der Waals surface area contributed by atoms with Gasteiger partial charge in [-0.05, 0) is 85.9 Å². The maximum atomic E-state index is 14.4. The van der Waals surface area contributed by atoms with Gasteiger partial charge in [0, 0.05) is 39.7 Å². The Balaban J connectivity index is 1.07. The van der Waals surface area contributed by atoms with Gasteiger partial charge in [0.1, 0.15) is 12.6 Å². The summed E-state index contributed by atoms with van der Waals surface area (Å²) in [5.74, 6) is -4.27. The molecule has 4 aliphatic carbocycles. The molecule has 2 heterocycles. The number of halogens is 1. The Morgan fingerprint density at radius 2 is 1.81 bits per heavy atom.